The van der Waals surface area contributed by atoms with Gasteiger partial charge < -0.3 is 19.1 Å². The molecular weight excluding hydrogens is 288 g/mol. The molecule has 0 bridgehead atoms. The van der Waals surface area contributed by atoms with E-state index in [1.807, 2.05) is 30.3 Å². The average Bonchev–Trinajstić information content (AvgIpc) is 3.22. The van der Waals surface area contributed by atoms with Crippen molar-refractivity contribution in [1.29, 1.82) is 0 Å². The Hall–Kier alpha value is -3.16. The van der Waals surface area contributed by atoms with Crippen molar-refractivity contribution in [2.45, 2.75) is 6.54 Å². The van der Waals surface area contributed by atoms with Crippen molar-refractivity contribution < 1.29 is 18.6 Å². The molecule has 3 aromatic rings. The highest BCUT2D eigenvalue weighted by Gasteiger charge is 2.15. The maximum atomic E-state index is 11.8. The Bertz CT molecular complexity index is 766. The fraction of sp³-hybridized carbons (Fsp3) is 0.143. The number of amides is 1. The Balaban J connectivity index is 1.62. The number of hydrogen-bond acceptors (Lipinski definition) is 7. The molecule has 0 saturated heterocycles. The second-order valence-electron chi connectivity index (χ2n) is 4.29. The molecule has 3 rings (SSSR count). The average molecular weight is 300 g/mol. The molecule has 0 atom stereocenters. The third-order valence-corrected chi connectivity index (χ3v) is 2.82. The number of ether oxygens (including phenoxy) is 1. The van der Waals surface area contributed by atoms with Crippen LogP contribution in [0.1, 0.15) is 16.4 Å². The minimum Gasteiger partial charge on any atom is -0.479 e. The van der Waals surface area contributed by atoms with E-state index in [4.69, 9.17) is 13.8 Å². The topological polar surface area (TPSA) is 103 Å². The Morgan fingerprint density at radius 1 is 1.23 bits per heavy atom. The van der Waals surface area contributed by atoms with E-state index in [1.54, 1.807) is 0 Å². The minimum atomic E-state index is -0.449. The van der Waals surface area contributed by atoms with E-state index >= 15 is 0 Å². The first-order chi connectivity index (χ1) is 10.8. The Labute approximate surface area is 125 Å². The molecule has 0 aliphatic carbocycles. The molecule has 0 spiro atoms. The van der Waals surface area contributed by atoms with Crippen LogP contribution in [-0.4, -0.2) is 28.3 Å². The van der Waals surface area contributed by atoms with Gasteiger partial charge in [0.25, 0.3) is 11.8 Å². The molecule has 0 unspecified atom stereocenters. The lowest BCUT2D eigenvalue weighted by atomic mass is 10.2. The predicted octanol–water partition coefficient (Wildman–Crippen LogP) is 1.66. The van der Waals surface area contributed by atoms with Gasteiger partial charge in [-0.3, -0.25) is 4.79 Å². The van der Waals surface area contributed by atoms with Gasteiger partial charge in [0, 0.05) is 5.56 Å². The fourth-order valence-corrected chi connectivity index (χ4v) is 1.74. The van der Waals surface area contributed by atoms with Gasteiger partial charge in [0.05, 0.1) is 19.7 Å². The van der Waals surface area contributed by atoms with Gasteiger partial charge in [-0.15, -0.1) is 0 Å². The summed E-state index contributed by atoms with van der Waals surface area (Å²) in [6, 6.07) is 10.8. The summed E-state index contributed by atoms with van der Waals surface area (Å²) in [7, 11) is 1.43. The molecule has 0 fully saturated rings. The first-order valence-electron chi connectivity index (χ1n) is 6.43. The number of hydrogen-bond donors (Lipinski definition) is 1. The van der Waals surface area contributed by atoms with Gasteiger partial charge >= 0.3 is 0 Å². The van der Waals surface area contributed by atoms with Crippen molar-refractivity contribution in [1.82, 2.24) is 20.6 Å². The van der Waals surface area contributed by atoms with Crippen LogP contribution in [0, 0.1) is 0 Å². The third-order valence-electron chi connectivity index (χ3n) is 2.82. The second kappa shape index (κ2) is 6.08. The molecule has 1 N–H and O–H groups in total. The molecule has 1 amide bonds. The quantitative estimate of drug-likeness (QED) is 0.764. The molecule has 2 aromatic heterocycles. The second-order valence-corrected chi connectivity index (χ2v) is 4.29. The van der Waals surface area contributed by atoms with Crippen LogP contribution in [0.25, 0.3) is 11.4 Å². The lowest BCUT2D eigenvalue weighted by molar-refractivity contribution is 0.0909. The summed E-state index contributed by atoms with van der Waals surface area (Å²) in [5.74, 6) is 0.578. The number of benzene rings is 1. The van der Waals surface area contributed by atoms with Crippen LogP contribution in [0.15, 0.2) is 45.4 Å². The van der Waals surface area contributed by atoms with Gasteiger partial charge in [0.15, 0.2) is 0 Å². The Morgan fingerprint density at radius 3 is 2.77 bits per heavy atom. The highest BCUT2D eigenvalue weighted by Crippen LogP contribution is 2.15. The number of methoxy groups -OCH3 is 1. The van der Waals surface area contributed by atoms with Crippen molar-refractivity contribution in [2.75, 3.05) is 7.11 Å². The van der Waals surface area contributed by atoms with Crippen molar-refractivity contribution in [3.8, 4) is 17.3 Å². The fourth-order valence-electron chi connectivity index (χ4n) is 1.74. The lowest BCUT2D eigenvalue weighted by Crippen LogP contribution is -2.22. The molecule has 0 aliphatic heterocycles. The zero-order valence-corrected chi connectivity index (χ0v) is 11.6. The smallest absolute Gasteiger partial charge is 0.290 e. The molecular formula is C14H12N4O4. The molecule has 8 nitrogen and oxygen atoms in total. The van der Waals surface area contributed by atoms with Crippen molar-refractivity contribution in [3.05, 3.63) is 48.0 Å². The largest absolute Gasteiger partial charge is 0.479 e. The van der Waals surface area contributed by atoms with Crippen molar-refractivity contribution in [3.63, 3.8) is 0 Å². The number of carbonyl (C=O) groups is 1. The normalized spacial score (nSPS) is 10.4. The van der Waals surface area contributed by atoms with Crippen LogP contribution in [0.3, 0.4) is 0 Å². The van der Waals surface area contributed by atoms with E-state index in [1.165, 1.54) is 13.2 Å². The number of rotatable bonds is 5. The van der Waals surface area contributed by atoms with Crippen LogP contribution in [0.2, 0.25) is 0 Å². The van der Waals surface area contributed by atoms with Crippen LogP contribution in [0.5, 0.6) is 5.88 Å². The van der Waals surface area contributed by atoms with E-state index in [9.17, 15) is 4.79 Å². The molecule has 0 saturated carbocycles. The predicted molar refractivity (Wildman–Crippen MR) is 74.0 cm³/mol. The molecule has 22 heavy (non-hydrogen) atoms. The zero-order chi connectivity index (χ0) is 15.4. The summed E-state index contributed by atoms with van der Waals surface area (Å²) in [5.41, 5.74) is 0.837. The summed E-state index contributed by atoms with van der Waals surface area (Å²) >= 11 is 0. The van der Waals surface area contributed by atoms with Gasteiger partial charge in [-0.2, -0.15) is 4.98 Å². The molecule has 112 valence electrons. The van der Waals surface area contributed by atoms with E-state index in [-0.39, 0.29) is 18.2 Å². The summed E-state index contributed by atoms with van der Waals surface area (Å²) in [6.07, 6.45) is 0. The van der Waals surface area contributed by atoms with Crippen LogP contribution in [0.4, 0.5) is 0 Å². The van der Waals surface area contributed by atoms with Gasteiger partial charge in [-0.1, -0.05) is 35.5 Å². The summed E-state index contributed by atoms with van der Waals surface area (Å²) in [5, 5.41) is 10.00. The van der Waals surface area contributed by atoms with Gasteiger partial charge in [-0.25, -0.2) is 0 Å². The maximum absolute atomic E-state index is 11.8. The van der Waals surface area contributed by atoms with Gasteiger partial charge in [0.1, 0.15) is 0 Å². The highest BCUT2D eigenvalue weighted by molar-refractivity contribution is 5.91. The Kier molecular flexibility index (Phi) is 3.82. The van der Waals surface area contributed by atoms with Crippen molar-refractivity contribution in [2.24, 2.45) is 0 Å². The number of aromatic nitrogens is 3. The first-order valence-corrected chi connectivity index (χ1v) is 6.43. The number of nitrogens with zero attached hydrogens (tertiary/aromatic N) is 3. The molecule has 1 aromatic carbocycles. The van der Waals surface area contributed by atoms with E-state index < -0.39 is 5.91 Å². The van der Waals surface area contributed by atoms with Gasteiger partial charge in [-0.05, 0) is 5.16 Å². The van der Waals surface area contributed by atoms with E-state index in [2.05, 4.69) is 20.6 Å². The van der Waals surface area contributed by atoms with Crippen molar-refractivity contribution >= 4 is 5.91 Å². The van der Waals surface area contributed by atoms with Crippen LogP contribution in [-0.2, 0) is 6.54 Å². The first kappa shape index (κ1) is 13.8. The molecule has 8 heteroatoms. The number of carbonyl (C=O) groups excluding carboxylic acids is 1. The molecule has 0 radical (unpaired) electrons. The van der Waals surface area contributed by atoms with Crippen LogP contribution >= 0.6 is 0 Å². The third kappa shape index (κ3) is 2.95. The highest BCUT2D eigenvalue weighted by atomic mass is 16.5. The monoisotopic (exact) mass is 300 g/mol. The maximum Gasteiger partial charge on any atom is 0.290 e. The summed E-state index contributed by atoms with van der Waals surface area (Å²) in [4.78, 5) is 16.0. The number of nitrogens with one attached hydrogen (secondary N) is 1. The summed E-state index contributed by atoms with van der Waals surface area (Å²) in [6.45, 7) is 0.0850. The van der Waals surface area contributed by atoms with Gasteiger partial charge in [0.2, 0.25) is 17.5 Å². The standard InChI is InChI=1S/C14H12N4O4/c1-20-11-7-10(21-17-11)14(19)15-8-12-16-13(18-22-12)9-5-3-2-4-6-9/h2-7H,8H2,1H3,(H,15,19). The lowest BCUT2D eigenvalue weighted by Gasteiger charge is -1.96. The molecule has 2 heterocycles. The van der Waals surface area contributed by atoms with E-state index in [0.717, 1.165) is 5.56 Å². The van der Waals surface area contributed by atoms with Crippen LogP contribution < -0.4 is 10.1 Å². The van der Waals surface area contributed by atoms with E-state index in [0.29, 0.717) is 11.7 Å². The SMILES string of the molecule is COc1cc(C(=O)NCc2nc(-c3ccccc3)no2)on1. The zero-order valence-electron chi connectivity index (χ0n) is 11.6. The minimum absolute atomic E-state index is 0.0413. The molecule has 0 aliphatic rings. The Morgan fingerprint density at radius 2 is 2.05 bits per heavy atom. The summed E-state index contributed by atoms with van der Waals surface area (Å²) < 4.78 is 14.7.